The normalized spacial score (nSPS) is 15.2. The van der Waals surface area contributed by atoms with Crippen molar-refractivity contribution >= 4 is 46.7 Å². The first-order chi connectivity index (χ1) is 15.3. The van der Waals surface area contributed by atoms with Crippen molar-refractivity contribution in [1.29, 1.82) is 0 Å². The minimum absolute atomic E-state index is 0.286. The molecule has 1 heterocycles. The van der Waals surface area contributed by atoms with E-state index < -0.39 is 12.0 Å². The molecule has 0 spiro atoms. The summed E-state index contributed by atoms with van der Waals surface area (Å²) in [4.78, 5) is 38.8. The monoisotopic (exact) mass is 480 g/mol. The first kappa shape index (κ1) is 23.7. The summed E-state index contributed by atoms with van der Waals surface area (Å²) >= 11 is 12.0. The Bertz CT molecular complexity index is 1010. The van der Waals surface area contributed by atoms with Gasteiger partial charge in [0, 0.05) is 27.8 Å². The number of carbonyl (C=O) groups is 3. The van der Waals surface area contributed by atoms with Gasteiger partial charge in [-0.05, 0) is 49.2 Å². The number of nitrogens with zero attached hydrogens (tertiary/aromatic N) is 1. The molecule has 2 aromatic rings. The lowest BCUT2D eigenvalue weighted by atomic mass is 10.1. The number of anilines is 1. The zero-order valence-electron chi connectivity index (χ0n) is 17.5. The fourth-order valence-corrected chi connectivity index (χ4v) is 3.94. The Hall–Kier alpha value is -2.97. The summed E-state index contributed by atoms with van der Waals surface area (Å²) in [6.07, 6.45) is 1.22. The van der Waals surface area contributed by atoms with E-state index in [0.717, 1.165) is 0 Å². The van der Waals surface area contributed by atoms with Gasteiger partial charge in [0.25, 0.3) is 5.91 Å². The maximum atomic E-state index is 13.1. The predicted octanol–water partition coefficient (Wildman–Crippen LogP) is 3.80. The van der Waals surface area contributed by atoms with Crippen LogP contribution in [-0.2, 0) is 14.3 Å². The van der Waals surface area contributed by atoms with E-state index in [4.69, 9.17) is 32.7 Å². The molecule has 32 heavy (non-hydrogen) atoms. The number of rotatable bonds is 7. The molecule has 0 aromatic heterocycles. The highest BCUT2D eigenvalue weighted by Crippen LogP contribution is 2.30. The Balaban J connectivity index is 1.74. The van der Waals surface area contributed by atoms with Gasteiger partial charge in [-0.15, -0.1) is 0 Å². The van der Waals surface area contributed by atoms with Crippen molar-refractivity contribution in [2.45, 2.75) is 18.9 Å². The highest BCUT2D eigenvalue weighted by atomic mass is 35.5. The number of hydrogen-bond donors (Lipinski definition) is 1. The van der Waals surface area contributed by atoms with E-state index >= 15 is 0 Å². The van der Waals surface area contributed by atoms with E-state index in [-0.39, 0.29) is 24.2 Å². The molecular formula is C22H22Cl2N2O6. The maximum absolute atomic E-state index is 13.1. The molecular weight excluding hydrogens is 459 g/mol. The summed E-state index contributed by atoms with van der Waals surface area (Å²) < 4.78 is 15.2. The first-order valence-corrected chi connectivity index (χ1v) is 10.5. The number of nitrogens with one attached hydrogen (secondary N) is 1. The predicted molar refractivity (Wildman–Crippen MR) is 120 cm³/mol. The highest BCUT2D eigenvalue weighted by molar-refractivity contribution is 6.35. The van der Waals surface area contributed by atoms with E-state index in [2.05, 4.69) is 10.1 Å². The smallest absolute Gasteiger partial charge is 0.343 e. The van der Waals surface area contributed by atoms with Crippen molar-refractivity contribution in [3.8, 4) is 11.5 Å². The fraction of sp³-hybridized carbons (Fsp3) is 0.318. The zero-order chi connectivity index (χ0) is 23.3. The molecule has 0 radical (unpaired) electrons. The van der Waals surface area contributed by atoms with Crippen LogP contribution < -0.4 is 14.8 Å². The van der Waals surface area contributed by atoms with E-state index in [1.165, 1.54) is 31.3 Å². The molecule has 0 bridgehead atoms. The largest absolute Gasteiger partial charge is 0.493 e. The molecule has 0 saturated carbocycles. The van der Waals surface area contributed by atoms with E-state index in [9.17, 15) is 14.4 Å². The van der Waals surface area contributed by atoms with Crippen LogP contribution in [-0.4, -0.2) is 56.1 Å². The second kappa shape index (κ2) is 10.6. The number of amides is 2. The fourth-order valence-electron chi connectivity index (χ4n) is 3.42. The van der Waals surface area contributed by atoms with Gasteiger partial charge in [-0.25, -0.2) is 4.79 Å². The molecule has 10 heteroatoms. The zero-order valence-corrected chi connectivity index (χ0v) is 19.0. The molecule has 3 rings (SSSR count). The Morgan fingerprint density at radius 1 is 1.06 bits per heavy atom. The first-order valence-electron chi connectivity index (χ1n) is 9.78. The van der Waals surface area contributed by atoms with Crippen LogP contribution in [0.25, 0.3) is 0 Å². The molecule has 170 valence electrons. The topological polar surface area (TPSA) is 94.2 Å². The van der Waals surface area contributed by atoms with E-state index in [1.807, 2.05) is 0 Å². The SMILES string of the molecule is COC(=O)COc1ccc(C(=O)N2CCCC2C(=O)Nc2cc(Cl)cc(Cl)c2)cc1OC. The molecule has 1 atom stereocenters. The molecule has 1 saturated heterocycles. The summed E-state index contributed by atoms with van der Waals surface area (Å²) in [7, 11) is 2.69. The molecule has 2 amide bonds. The summed E-state index contributed by atoms with van der Waals surface area (Å²) in [6.45, 7) is 0.151. The van der Waals surface area contributed by atoms with Crippen molar-refractivity contribution in [1.82, 2.24) is 4.90 Å². The van der Waals surface area contributed by atoms with Crippen LogP contribution in [0.3, 0.4) is 0 Å². The summed E-state index contributed by atoms with van der Waals surface area (Å²) in [5.41, 5.74) is 0.790. The molecule has 1 fully saturated rings. The Labute approximate surface area is 195 Å². The van der Waals surface area contributed by atoms with Crippen LogP contribution in [0.15, 0.2) is 36.4 Å². The second-order valence-electron chi connectivity index (χ2n) is 7.03. The number of ether oxygens (including phenoxy) is 3. The third-order valence-electron chi connectivity index (χ3n) is 4.93. The van der Waals surface area contributed by atoms with Gasteiger partial charge in [0.2, 0.25) is 5.91 Å². The molecule has 1 aliphatic heterocycles. The third kappa shape index (κ3) is 5.63. The van der Waals surface area contributed by atoms with Gasteiger partial charge in [-0.2, -0.15) is 0 Å². The minimum Gasteiger partial charge on any atom is -0.493 e. The number of likely N-dealkylation sites (tertiary alicyclic amines) is 1. The van der Waals surface area contributed by atoms with Gasteiger partial charge < -0.3 is 24.4 Å². The molecule has 1 N–H and O–H groups in total. The standard InChI is InChI=1S/C22H22Cl2N2O6/c1-30-19-8-13(5-6-18(19)32-12-20(27)31-2)22(29)26-7-3-4-17(26)21(28)25-16-10-14(23)9-15(24)11-16/h5-6,8-11,17H,3-4,7,12H2,1-2H3,(H,25,28). The molecule has 8 nitrogen and oxygen atoms in total. The Kier molecular flexibility index (Phi) is 7.82. The number of hydrogen-bond acceptors (Lipinski definition) is 6. The van der Waals surface area contributed by atoms with Gasteiger partial charge in [0.05, 0.1) is 14.2 Å². The lowest BCUT2D eigenvalue weighted by molar-refractivity contribution is -0.142. The highest BCUT2D eigenvalue weighted by Gasteiger charge is 2.35. The summed E-state index contributed by atoms with van der Waals surface area (Å²) in [5.74, 6) is -0.598. The summed E-state index contributed by atoms with van der Waals surface area (Å²) in [5, 5.41) is 3.57. The van der Waals surface area contributed by atoms with Crippen LogP contribution in [0.4, 0.5) is 5.69 Å². The number of halogens is 2. The van der Waals surface area contributed by atoms with Gasteiger partial charge in [-0.3, -0.25) is 9.59 Å². The number of esters is 1. The van der Waals surface area contributed by atoms with Crippen molar-refractivity contribution in [2.75, 3.05) is 32.7 Å². The van der Waals surface area contributed by atoms with E-state index in [0.29, 0.717) is 46.4 Å². The van der Waals surface area contributed by atoms with Crippen LogP contribution in [0.2, 0.25) is 10.0 Å². The van der Waals surface area contributed by atoms with Crippen molar-refractivity contribution in [3.05, 3.63) is 52.0 Å². The average Bonchev–Trinajstić information content (AvgIpc) is 3.26. The Morgan fingerprint density at radius 2 is 1.78 bits per heavy atom. The number of carbonyl (C=O) groups excluding carboxylic acids is 3. The van der Waals surface area contributed by atoms with Crippen LogP contribution >= 0.6 is 23.2 Å². The van der Waals surface area contributed by atoms with Crippen molar-refractivity contribution in [2.24, 2.45) is 0 Å². The molecule has 0 aliphatic carbocycles. The van der Waals surface area contributed by atoms with E-state index in [1.54, 1.807) is 24.3 Å². The lowest BCUT2D eigenvalue weighted by Crippen LogP contribution is -2.43. The lowest BCUT2D eigenvalue weighted by Gasteiger charge is -2.24. The quantitative estimate of drug-likeness (QED) is 0.605. The minimum atomic E-state index is -0.637. The van der Waals surface area contributed by atoms with Crippen LogP contribution in [0.5, 0.6) is 11.5 Å². The molecule has 1 aliphatic rings. The molecule has 2 aromatic carbocycles. The van der Waals surface area contributed by atoms with Gasteiger partial charge in [-0.1, -0.05) is 23.2 Å². The van der Waals surface area contributed by atoms with Gasteiger partial charge in [0.15, 0.2) is 18.1 Å². The average molecular weight is 481 g/mol. The van der Waals surface area contributed by atoms with Crippen molar-refractivity contribution in [3.63, 3.8) is 0 Å². The maximum Gasteiger partial charge on any atom is 0.343 e. The number of benzene rings is 2. The van der Waals surface area contributed by atoms with Gasteiger partial charge in [0.1, 0.15) is 6.04 Å². The van der Waals surface area contributed by atoms with Gasteiger partial charge >= 0.3 is 5.97 Å². The van der Waals surface area contributed by atoms with Crippen molar-refractivity contribution < 1.29 is 28.6 Å². The second-order valence-corrected chi connectivity index (χ2v) is 7.91. The van der Waals surface area contributed by atoms with Crippen LogP contribution in [0.1, 0.15) is 23.2 Å². The number of methoxy groups -OCH3 is 2. The molecule has 1 unspecified atom stereocenters. The summed E-state index contributed by atoms with van der Waals surface area (Å²) in [6, 6.07) is 8.71. The third-order valence-corrected chi connectivity index (χ3v) is 5.37. The Morgan fingerprint density at radius 3 is 2.44 bits per heavy atom. The van der Waals surface area contributed by atoms with Crippen LogP contribution in [0, 0.1) is 0 Å².